The molecule has 2 amide bonds. The average Bonchev–Trinajstić information content (AvgIpc) is 2.83. The van der Waals surface area contributed by atoms with Crippen molar-refractivity contribution in [3.8, 4) is 0 Å². The molecule has 1 aromatic carbocycles. The summed E-state index contributed by atoms with van der Waals surface area (Å²) in [5, 5.41) is 0.316. The van der Waals surface area contributed by atoms with E-state index >= 15 is 0 Å². The molecule has 23 heavy (non-hydrogen) atoms. The van der Waals surface area contributed by atoms with Gasteiger partial charge < -0.3 is 15.0 Å². The first-order valence-corrected chi connectivity index (χ1v) is 8.05. The molecule has 2 N–H and O–H groups in total. The van der Waals surface area contributed by atoms with Crippen molar-refractivity contribution in [3.05, 3.63) is 38.8 Å². The lowest BCUT2D eigenvalue weighted by Gasteiger charge is -2.20. The van der Waals surface area contributed by atoms with Gasteiger partial charge in [0.1, 0.15) is 0 Å². The number of aryl methyl sites for hydroxylation is 1. The molecular weight excluding hydrogens is 435 g/mol. The van der Waals surface area contributed by atoms with Gasteiger partial charge in [-0.15, -0.1) is 0 Å². The van der Waals surface area contributed by atoms with Crippen molar-refractivity contribution in [1.29, 1.82) is 0 Å². The van der Waals surface area contributed by atoms with Crippen LogP contribution >= 0.6 is 34.2 Å². The molecule has 0 atom stereocenters. The van der Waals surface area contributed by atoms with Gasteiger partial charge in [-0.1, -0.05) is 11.6 Å². The van der Waals surface area contributed by atoms with E-state index in [1.807, 2.05) is 0 Å². The van der Waals surface area contributed by atoms with Crippen LogP contribution in [0.3, 0.4) is 0 Å². The SMILES string of the molecule is CCOC(=O)c1c(N(C(N)=O)c2ccc(I)cc2Cl)ncn1C. The van der Waals surface area contributed by atoms with Crippen molar-refractivity contribution in [2.45, 2.75) is 6.92 Å². The van der Waals surface area contributed by atoms with E-state index in [-0.39, 0.29) is 18.1 Å². The molecule has 0 bridgehead atoms. The Morgan fingerprint density at radius 1 is 1.48 bits per heavy atom. The molecule has 0 radical (unpaired) electrons. The first-order chi connectivity index (χ1) is 10.9. The van der Waals surface area contributed by atoms with Crippen LogP contribution in [0.15, 0.2) is 24.5 Å². The van der Waals surface area contributed by atoms with Crippen LogP contribution in [0.25, 0.3) is 0 Å². The van der Waals surface area contributed by atoms with Crippen molar-refractivity contribution in [2.24, 2.45) is 12.8 Å². The number of ether oxygens (including phenoxy) is 1. The van der Waals surface area contributed by atoms with E-state index < -0.39 is 12.0 Å². The molecule has 0 saturated carbocycles. The molecule has 2 aromatic rings. The van der Waals surface area contributed by atoms with E-state index in [0.29, 0.717) is 10.7 Å². The van der Waals surface area contributed by atoms with E-state index in [4.69, 9.17) is 22.1 Å². The first-order valence-electron chi connectivity index (χ1n) is 6.59. The number of amides is 2. The van der Waals surface area contributed by atoms with Gasteiger partial charge in [0.15, 0.2) is 11.5 Å². The number of nitrogens with two attached hydrogens (primary N) is 1. The van der Waals surface area contributed by atoms with Crippen LogP contribution in [0.4, 0.5) is 16.3 Å². The minimum atomic E-state index is -0.808. The van der Waals surface area contributed by atoms with E-state index in [1.54, 1.807) is 32.2 Å². The topological polar surface area (TPSA) is 90.4 Å². The normalized spacial score (nSPS) is 10.4. The Balaban J connectivity index is 2.60. The van der Waals surface area contributed by atoms with Gasteiger partial charge in [-0.25, -0.2) is 19.5 Å². The fourth-order valence-electron chi connectivity index (χ4n) is 2.02. The summed E-state index contributed by atoms with van der Waals surface area (Å²) in [7, 11) is 1.62. The summed E-state index contributed by atoms with van der Waals surface area (Å²) < 4.78 is 7.37. The van der Waals surface area contributed by atoms with Crippen molar-refractivity contribution in [1.82, 2.24) is 9.55 Å². The molecule has 0 spiro atoms. The highest BCUT2D eigenvalue weighted by molar-refractivity contribution is 14.1. The highest BCUT2D eigenvalue weighted by Crippen LogP contribution is 2.34. The third-order valence-corrected chi connectivity index (χ3v) is 3.94. The summed E-state index contributed by atoms with van der Waals surface area (Å²) >= 11 is 8.31. The number of hydrogen-bond acceptors (Lipinski definition) is 4. The molecule has 0 aliphatic rings. The number of anilines is 2. The van der Waals surface area contributed by atoms with Crippen molar-refractivity contribution in [2.75, 3.05) is 11.5 Å². The predicted molar refractivity (Wildman–Crippen MR) is 95.1 cm³/mol. The standard InChI is InChI=1S/C14H14ClIN4O3/c1-3-23-13(21)11-12(18-7-19(11)2)20(14(17)22)10-5-4-8(16)6-9(10)15/h4-7H,3H2,1-2H3,(H2,17,22). The van der Waals surface area contributed by atoms with Crippen molar-refractivity contribution in [3.63, 3.8) is 0 Å². The number of nitrogens with zero attached hydrogens (tertiary/aromatic N) is 3. The fraction of sp³-hybridized carbons (Fsp3) is 0.214. The largest absolute Gasteiger partial charge is 0.461 e. The molecule has 0 aliphatic heterocycles. The molecule has 9 heteroatoms. The fourth-order valence-corrected chi connectivity index (χ4v) is 2.96. The molecule has 122 valence electrons. The van der Waals surface area contributed by atoms with Gasteiger partial charge >= 0.3 is 12.0 Å². The number of esters is 1. The van der Waals surface area contributed by atoms with Gasteiger partial charge in [0.25, 0.3) is 0 Å². The zero-order chi connectivity index (χ0) is 17.1. The number of carbonyl (C=O) groups excluding carboxylic acids is 2. The maximum absolute atomic E-state index is 12.1. The highest BCUT2D eigenvalue weighted by atomic mass is 127. The van der Waals surface area contributed by atoms with Crippen LogP contribution in [-0.2, 0) is 11.8 Å². The van der Waals surface area contributed by atoms with E-state index in [9.17, 15) is 9.59 Å². The number of imidazole rings is 1. The molecule has 2 rings (SSSR count). The lowest BCUT2D eigenvalue weighted by Crippen LogP contribution is -2.33. The van der Waals surface area contributed by atoms with Gasteiger partial charge in [-0.2, -0.15) is 0 Å². The van der Waals surface area contributed by atoms with Crippen LogP contribution in [0.5, 0.6) is 0 Å². The van der Waals surface area contributed by atoms with E-state index in [0.717, 1.165) is 8.47 Å². The number of primary amides is 1. The van der Waals surface area contributed by atoms with Gasteiger partial charge in [0, 0.05) is 10.6 Å². The van der Waals surface area contributed by atoms with Crippen LogP contribution in [0.2, 0.25) is 5.02 Å². The second kappa shape index (κ2) is 7.18. The Bertz CT molecular complexity index is 762. The van der Waals surface area contributed by atoms with E-state index in [1.165, 1.54) is 10.9 Å². The number of urea groups is 1. The van der Waals surface area contributed by atoms with Crippen molar-refractivity contribution < 1.29 is 14.3 Å². The molecule has 1 heterocycles. The highest BCUT2D eigenvalue weighted by Gasteiger charge is 2.28. The molecule has 0 saturated heterocycles. The summed E-state index contributed by atoms with van der Waals surface area (Å²) in [6.07, 6.45) is 1.40. The van der Waals surface area contributed by atoms with Gasteiger partial charge in [-0.3, -0.25) is 0 Å². The molecule has 7 nitrogen and oxygen atoms in total. The summed E-state index contributed by atoms with van der Waals surface area (Å²) in [5.41, 5.74) is 5.93. The summed E-state index contributed by atoms with van der Waals surface area (Å²) in [4.78, 5) is 29.3. The van der Waals surface area contributed by atoms with Crippen LogP contribution in [0.1, 0.15) is 17.4 Å². The minimum absolute atomic E-state index is 0.0709. The minimum Gasteiger partial charge on any atom is -0.461 e. The van der Waals surface area contributed by atoms with Gasteiger partial charge in [-0.05, 0) is 47.7 Å². The lowest BCUT2D eigenvalue weighted by molar-refractivity contribution is 0.0516. The lowest BCUT2D eigenvalue weighted by atomic mass is 10.2. The van der Waals surface area contributed by atoms with Crippen LogP contribution in [-0.4, -0.2) is 28.2 Å². The Morgan fingerprint density at radius 2 is 2.17 bits per heavy atom. The monoisotopic (exact) mass is 448 g/mol. The number of carbonyl (C=O) groups is 2. The second-order valence-corrected chi connectivity index (χ2v) is 6.17. The zero-order valence-electron chi connectivity index (χ0n) is 12.4. The first kappa shape index (κ1) is 17.5. The molecule has 0 fully saturated rings. The number of hydrogen-bond donors (Lipinski definition) is 1. The average molecular weight is 449 g/mol. The van der Waals surface area contributed by atoms with Crippen molar-refractivity contribution >= 4 is 57.7 Å². The summed E-state index contributed by atoms with van der Waals surface area (Å²) in [6, 6.07) is 4.28. The maximum atomic E-state index is 12.1. The molecular formula is C14H14ClIN4O3. The molecule has 0 aliphatic carbocycles. The van der Waals surface area contributed by atoms with Crippen LogP contribution < -0.4 is 10.6 Å². The Labute approximate surface area is 151 Å². The number of benzene rings is 1. The molecule has 0 unspecified atom stereocenters. The third-order valence-electron chi connectivity index (χ3n) is 2.97. The second-order valence-electron chi connectivity index (χ2n) is 4.52. The summed E-state index contributed by atoms with van der Waals surface area (Å²) in [5.74, 6) is -0.531. The smallest absolute Gasteiger partial charge is 0.358 e. The Morgan fingerprint density at radius 3 is 2.74 bits per heavy atom. The number of aromatic nitrogens is 2. The maximum Gasteiger partial charge on any atom is 0.358 e. The predicted octanol–water partition coefficient (Wildman–Crippen LogP) is 3.07. The Kier molecular flexibility index (Phi) is 5.47. The quantitative estimate of drug-likeness (QED) is 0.575. The zero-order valence-corrected chi connectivity index (χ0v) is 15.3. The third kappa shape index (κ3) is 3.58. The van der Waals surface area contributed by atoms with Gasteiger partial charge in [0.05, 0.1) is 23.6 Å². The van der Waals surface area contributed by atoms with Gasteiger partial charge in [0.2, 0.25) is 0 Å². The van der Waals surface area contributed by atoms with E-state index in [2.05, 4.69) is 27.6 Å². The Hall–Kier alpha value is -1.81. The number of rotatable bonds is 4. The molecule has 1 aromatic heterocycles. The number of halogens is 2. The summed E-state index contributed by atoms with van der Waals surface area (Å²) in [6.45, 7) is 1.89. The van der Waals surface area contributed by atoms with Crippen LogP contribution in [0, 0.1) is 3.57 Å².